The van der Waals surface area contributed by atoms with Gasteiger partial charge in [-0.15, -0.1) is 0 Å². The quantitative estimate of drug-likeness (QED) is 0.470. The lowest BCUT2D eigenvalue weighted by Gasteiger charge is -2.10. The van der Waals surface area contributed by atoms with Crippen molar-refractivity contribution >= 4 is 27.6 Å². The third-order valence-electron chi connectivity index (χ3n) is 4.18. The van der Waals surface area contributed by atoms with E-state index in [2.05, 4.69) is 5.32 Å². The second-order valence-corrected chi connectivity index (χ2v) is 8.27. The zero-order chi connectivity index (χ0) is 22.3. The van der Waals surface area contributed by atoms with Crippen molar-refractivity contribution in [1.82, 2.24) is 4.72 Å². The Bertz CT molecular complexity index is 1160. The van der Waals surface area contributed by atoms with Crippen LogP contribution in [0.3, 0.4) is 0 Å². The summed E-state index contributed by atoms with van der Waals surface area (Å²) in [6.45, 7) is -0.346. The first-order valence-electron chi connectivity index (χ1n) is 9.23. The van der Waals surface area contributed by atoms with Crippen LogP contribution in [-0.4, -0.2) is 31.9 Å². The number of aliphatic carboxylic acids is 1. The number of benzene rings is 3. The van der Waals surface area contributed by atoms with Crippen LogP contribution >= 0.6 is 0 Å². The van der Waals surface area contributed by atoms with Crippen molar-refractivity contribution in [3.8, 4) is 5.75 Å². The molecular weight excluding hydrogens is 420 g/mol. The van der Waals surface area contributed by atoms with E-state index in [1.165, 1.54) is 24.3 Å². The molecule has 0 aliphatic carbocycles. The molecule has 0 aliphatic rings. The topological polar surface area (TPSA) is 122 Å². The zero-order valence-electron chi connectivity index (χ0n) is 16.3. The summed E-state index contributed by atoms with van der Waals surface area (Å²) >= 11 is 0. The molecule has 3 aromatic rings. The predicted octanol–water partition coefficient (Wildman–Crippen LogP) is 2.88. The van der Waals surface area contributed by atoms with Crippen LogP contribution in [0.5, 0.6) is 5.75 Å². The average Bonchev–Trinajstić information content (AvgIpc) is 2.78. The van der Waals surface area contributed by atoms with Crippen LogP contribution in [0, 0.1) is 0 Å². The number of sulfonamides is 1. The first-order valence-corrected chi connectivity index (χ1v) is 10.7. The Morgan fingerprint density at radius 3 is 2.29 bits per heavy atom. The number of hydrogen-bond donors (Lipinski definition) is 3. The minimum atomic E-state index is -3.95. The predicted molar refractivity (Wildman–Crippen MR) is 114 cm³/mol. The molecule has 3 aromatic carbocycles. The second-order valence-electron chi connectivity index (χ2n) is 6.50. The number of carboxylic acid groups (broad SMARTS) is 1. The summed E-state index contributed by atoms with van der Waals surface area (Å²) in [7, 11) is -3.95. The molecule has 0 atom stereocenters. The summed E-state index contributed by atoms with van der Waals surface area (Å²) in [5.41, 5.74) is 1.77. The molecule has 160 valence electrons. The molecule has 0 bridgehead atoms. The van der Waals surface area contributed by atoms with Crippen LogP contribution in [0.15, 0.2) is 83.8 Å². The fourth-order valence-corrected chi connectivity index (χ4v) is 3.60. The molecule has 0 saturated heterocycles. The van der Waals surface area contributed by atoms with Crippen LogP contribution in [0.1, 0.15) is 15.9 Å². The van der Waals surface area contributed by atoms with Crippen molar-refractivity contribution in [3.05, 3.63) is 90.0 Å². The molecule has 3 N–H and O–H groups in total. The molecule has 0 heterocycles. The number of carboxylic acids is 1. The maximum atomic E-state index is 12.5. The van der Waals surface area contributed by atoms with Crippen molar-refractivity contribution in [1.29, 1.82) is 0 Å². The lowest BCUT2D eigenvalue weighted by Crippen LogP contribution is -2.29. The van der Waals surface area contributed by atoms with Gasteiger partial charge in [0.1, 0.15) is 18.9 Å². The third-order valence-corrected chi connectivity index (χ3v) is 5.60. The van der Waals surface area contributed by atoms with Gasteiger partial charge in [0.05, 0.1) is 4.90 Å². The maximum Gasteiger partial charge on any atom is 0.318 e. The molecule has 0 saturated carbocycles. The van der Waals surface area contributed by atoms with Crippen LogP contribution in [-0.2, 0) is 21.4 Å². The Balaban J connectivity index is 1.63. The third kappa shape index (κ3) is 6.39. The zero-order valence-corrected chi connectivity index (χ0v) is 17.1. The Kier molecular flexibility index (Phi) is 7.01. The maximum absolute atomic E-state index is 12.5. The van der Waals surface area contributed by atoms with E-state index in [1.54, 1.807) is 24.3 Å². The van der Waals surface area contributed by atoms with Gasteiger partial charge in [-0.2, -0.15) is 4.72 Å². The van der Waals surface area contributed by atoms with Gasteiger partial charge in [0.15, 0.2) is 0 Å². The highest BCUT2D eigenvalue weighted by Gasteiger charge is 2.15. The van der Waals surface area contributed by atoms with Crippen molar-refractivity contribution in [2.75, 3.05) is 11.9 Å². The van der Waals surface area contributed by atoms with Gasteiger partial charge in [0.25, 0.3) is 5.91 Å². The van der Waals surface area contributed by atoms with Gasteiger partial charge in [-0.25, -0.2) is 8.42 Å². The molecule has 3 rings (SSSR count). The number of hydrogen-bond acceptors (Lipinski definition) is 5. The van der Waals surface area contributed by atoms with E-state index < -0.39 is 22.5 Å². The van der Waals surface area contributed by atoms with Gasteiger partial charge in [0.2, 0.25) is 10.0 Å². The van der Waals surface area contributed by atoms with E-state index in [-0.39, 0.29) is 10.8 Å². The summed E-state index contributed by atoms with van der Waals surface area (Å²) in [5, 5.41) is 11.3. The van der Waals surface area contributed by atoms with E-state index >= 15 is 0 Å². The number of anilines is 1. The minimum Gasteiger partial charge on any atom is -0.489 e. The normalized spacial score (nSPS) is 11.0. The number of carbonyl (C=O) groups excluding carboxylic acids is 1. The van der Waals surface area contributed by atoms with E-state index in [1.807, 2.05) is 35.1 Å². The number of amides is 1. The molecule has 31 heavy (non-hydrogen) atoms. The Labute approximate surface area is 179 Å². The monoisotopic (exact) mass is 440 g/mol. The highest BCUT2D eigenvalue weighted by Crippen LogP contribution is 2.18. The first kappa shape index (κ1) is 22.0. The van der Waals surface area contributed by atoms with Crippen molar-refractivity contribution in [2.45, 2.75) is 11.5 Å². The molecule has 0 fully saturated rings. The smallest absolute Gasteiger partial charge is 0.318 e. The van der Waals surface area contributed by atoms with Gasteiger partial charge in [-0.05, 0) is 48.0 Å². The molecule has 0 radical (unpaired) electrons. The number of carbonyl (C=O) groups is 2. The van der Waals surface area contributed by atoms with Gasteiger partial charge >= 0.3 is 5.97 Å². The Morgan fingerprint density at radius 2 is 1.61 bits per heavy atom. The van der Waals surface area contributed by atoms with E-state index in [9.17, 15) is 18.0 Å². The molecular formula is C22H20N2O6S. The lowest BCUT2D eigenvalue weighted by atomic mass is 10.2. The Morgan fingerprint density at radius 1 is 0.903 bits per heavy atom. The average molecular weight is 440 g/mol. The Hall–Kier alpha value is -3.69. The van der Waals surface area contributed by atoms with Crippen molar-refractivity contribution in [3.63, 3.8) is 0 Å². The number of nitrogens with one attached hydrogen (secondary N) is 2. The first-order chi connectivity index (χ1) is 14.8. The summed E-state index contributed by atoms with van der Waals surface area (Å²) in [6.07, 6.45) is 0. The fraction of sp³-hybridized carbons (Fsp3) is 0.0909. The van der Waals surface area contributed by atoms with Gasteiger partial charge in [-0.1, -0.05) is 36.4 Å². The molecule has 8 nitrogen and oxygen atoms in total. The van der Waals surface area contributed by atoms with Gasteiger partial charge in [-0.3, -0.25) is 9.59 Å². The fourth-order valence-electron chi connectivity index (χ4n) is 2.63. The lowest BCUT2D eigenvalue weighted by molar-refractivity contribution is -0.135. The molecule has 0 spiro atoms. The summed E-state index contributed by atoms with van der Waals surface area (Å²) in [6, 6.07) is 21.7. The summed E-state index contributed by atoms with van der Waals surface area (Å²) < 4.78 is 31.7. The SMILES string of the molecule is O=C(O)CNS(=O)(=O)c1ccc(NC(=O)c2cccc(OCc3ccccc3)c2)cc1. The molecule has 9 heteroatoms. The van der Waals surface area contributed by atoms with Gasteiger partial charge in [0, 0.05) is 11.3 Å². The number of ether oxygens (including phenoxy) is 1. The molecule has 0 unspecified atom stereocenters. The molecule has 1 amide bonds. The molecule has 0 aliphatic heterocycles. The molecule has 0 aromatic heterocycles. The second kappa shape index (κ2) is 9.88. The van der Waals surface area contributed by atoms with Crippen molar-refractivity contribution < 1.29 is 27.9 Å². The summed E-state index contributed by atoms with van der Waals surface area (Å²) in [4.78, 5) is 23.0. The highest BCUT2D eigenvalue weighted by molar-refractivity contribution is 7.89. The van der Waals surface area contributed by atoms with E-state index in [0.29, 0.717) is 23.6 Å². The minimum absolute atomic E-state index is 0.108. The largest absolute Gasteiger partial charge is 0.489 e. The number of rotatable bonds is 9. The van der Waals surface area contributed by atoms with Crippen LogP contribution < -0.4 is 14.8 Å². The van der Waals surface area contributed by atoms with Gasteiger partial charge < -0.3 is 15.2 Å². The van der Waals surface area contributed by atoms with Crippen LogP contribution in [0.25, 0.3) is 0 Å². The van der Waals surface area contributed by atoms with E-state index in [0.717, 1.165) is 5.56 Å². The standard InChI is InChI=1S/C22H20N2O6S/c25-21(26)14-23-31(28,29)20-11-9-18(10-12-20)24-22(27)17-7-4-8-19(13-17)30-15-16-5-2-1-3-6-16/h1-13,23H,14-15H2,(H,24,27)(H,25,26). The van der Waals surface area contributed by atoms with Crippen LogP contribution in [0.4, 0.5) is 5.69 Å². The van der Waals surface area contributed by atoms with E-state index in [4.69, 9.17) is 9.84 Å². The summed E-state index contributed by atoms with van der Waals surface area (Å²) in [5.74, 6) is -1.13. The van der Waals surface area contributed by atoms with Crippen molar-refractivity contribution in [2.24, 2.45) is 0 Å². The highest BCUT2D eigenvalue weighted by atomic mass is 32.2. The van der Waals surface area contributed by atoms with Crippen LogP contribution in [0.2, 0.25) is 0 Å².